The van der Waals surface area contributed by atoms with Crippen LogP contribution in [0.15, 0.2) is 35.2 Å². The average molecular weight is 336 g/mol. The third kappa shape index (κ3) is 3.49. The molecule has 1 heterocycles. The molecule has 1 aromatic carbocycles. The molecule has 0 aliphatic heterocycles. The zero-order valence-electron chi connectivity index (χ0n) is 9.98. The fourth-order valence-corrected chi connectivity index (χ4v) is 4.72. The number of hydrogen-bond acceptors (Lipinski definition) is 3. The van der Waals surface area contributed by atoms with Crippen molar-refractivity contribution in [2.45, 2.75) is 18.4 Å². The Kier molecular flexibility index (Phi) is 4.53. The molecule has 1 aromatic heterocycles. The summed E-state index contributed by atoms with van der Waals surface area (Å²) < 4.78 is 27.2. The van der Waals surface area contributed by atoms with E-state index in [9.17, 15) is 8.42 Å². The molecule has 0 amide bonds. The summed E-state index contributed by atoms with van der Waals surface area (Å²) >= 11 is 12.6. The third-order valence-corrected chi connectivity index (χ3v) is 5.78. The second-order valence-corrected chi connectivity index (χ2v) is 7.96. The molecule has 0 spiro atoms. The van der Waals surface area contributed by atoms with Gasteiger partial charge in [0.1, 0.15) is 9.23 Å². The SMILES string of the molecule is Cc1ccccc1CNS(=O)(=O)c1cc(Cl)sc1Cl. The van der Waals surface area contributed by atoms with Crippen LogP contribution in [0.25, 0.3) is 0 Å². The van der Waals surface area contributed by atoms with Gasteiger partial charge in [0.25, 0.3) is 0 Å². The van der Waals surface area contributed by atoms with Crippen LogP contribution >= 0.6 is 34.5 Å². The number of halogens is 2. The molecule has 3 nitrogen and oxygen atoms in total. The number of hydrogen-bond donors (Lipinski definition) is 1. The molecule has 0 unspecified atom stereocenters. The van der Waals surface area contributed by atoms with E-state index in [0.717, 1.165) is 22.5 Å². The maximum Gasteiger partial charge on any atom is 0.243 e. The summed E-state index contributed by atoms with van der Waals surface area (Å²) in [4.78, 5) is 0.0257. The molecule has 0 aliphatic carbocycles. The topological polar surface area (TPSA) is 46.2 Å². The lowest BCUT2D eigenvalue weighted by Crippen LogP contribution is -2.23. The number of thiophene rings is 1. The highest BCUT2D eigenvalue weighted by Crippen LogP contribution is 2.34. The molecule has 0 saturated carbocycles. The number of sulfonamides is 1. The lowest BCUT2D eigenvalue weighted by Gasteiger charge is -2.08. The summed E-state index contributed by atoms with van der Waals surface area (Å²) in [5.41, 5.74) is 1.95. The minimum atomic E-state index is -3.64. The van der Waals surface area contributed by atoms with Gasteiger partial charge in [-0.05, 0) is 24.1 Å². The van der Waals surface area contributed by atoms with Crippen molar-refractivity contribution in [1.29, 1.82) is 0 Å². The van der Waals surface area contributed by atoms with Crippen molar-refractivity contribution in [2.75, 3.05) is 0 Å². The van der Waals surface area contributed by atoms with E-state index in [-0.39, 0.29) is 15.8 Å². The summed E-state index contributed by atoms with van der Waals surface area (Å²) in [6.07, 6.45) is 0. The number of benzene rings is 1. The molecule has 7 heteroatoms. The quantitative estimate of drug-likeness (QED) is 0.922. The lowest BCUT2D eigenvalue weighted by atomic mass is 10.1. The van der Waals surface area contributed by atoms with Gasteiger partial charge < -0.3 is 0 Å². The first kappa shape index (κ1) is 14.8. The standard InChI is InChI=1S/C12H11Cl2NO2S2/c1-8-4-2-3-5-9(8)7-15-19(16,17)10-6-11(13)18-12(10)14/h2-6,15H,7H2,1H3. The summed E-state index contributed by atoms with van der Waals surface area (Å²) in [6, 6.07) is 8.93. The van der Waals surface area contributed by atoms with Gasteiger partial charge in [0.05, 0.1) is 4.34 Å². The molecule has 2 rings (SSSR count). The molecule has 102 valence electrons. The van der Waals surface area contributed by atoms with Crippen molar-refractivity contribution in [3.05, 3.63) is 50.1 Å². The zero-order valence-corrected chi connectivity index (χ0v) is 13.1. The predicted molar refractivity (Wildman–Crippen MR) is 79.5 cm³/mol. The van der Waals surface area contributed by atoms with Crippen molar-refractivity contribution < 1.29 is 8.42 Å². The van der Waals surface area contributed by atoms with Crippen LogP contribution in [0.4, 0.5) is 0 Å². The van der Waals surface area contributed by atoms with Crippen LogP contribution < -0.4 is 4.72 Å². The zero-order chi connectivity index (χ0) is 14.0. The van der Waals surface area contributed by atoms with Crippen LogP contribution in [-0.2, 0) is 16.6 Å². The molecule has 2 aromatic rings. The number of aryl methyl sites for hydroxylation is 1. The number of nitrogens with one attached hydrogen (secondary N) is 1. The van der Waals surface area contributed by atoms with Crippen LogP contribution in [0.3, 0.4) is 0 Å². The van der Waals surface area contributed by atoms with Gasteiger partial charge in [0, 0.05) is 6.54 Å². The van der Waals surface area contributed by atoms with Gasteiger partial charge in [-0.15, -0.1) is 11.3 Å². The monoisotopic (exact) mass is 335 g/mol. The molecular weight excluding hydrogens is 325 g/mol. The Balaban J connectivity index is 2.19. The number of rotatable bonds is 4. The summed E-state index contributed by atoms with van der Waals surface area (Å²) in [7, 11) is -3.64. The van der Waals surface area contributed by atoms with Crippen LogP contribution in [0.1, 0.15) is 11.1 Å². The predicted octanol–water partition coefficient (Wildman–Crippen LogP) is 3.84. The van der Waals surface area contributed by atoms with Crippen LogP contribution in [0.2, 0.25) is 8.67 Å². The van der Waals surface area contributed by atoms with Crippen molar-refractivity contribution in [1.82, 2.24) is 4.72 Å². The van der Waals surface area contributed by atoms with Gasteiger partial charge in [-0.25, -0.2) is 13.1 Å². The fourth-order valence-electron chi connectivity index (χ4n) is 1.57. The van der Waals surface area contributed by atoms with E-state index in [1.165, 1.54) is 6.07 Å². The van der Waals surface area contributed by atoms with Crippen LogP contribution in [0, 0.1) is 6.92 Å². The minimum absolute atomic E-state index is 0.0257. The van der Waals surface area contributed by atoms with Crippen molar-refractivity contribution in [2.24, 2.45) is 0 Å². The maximum absolute atomic E-state index is 12.1. The van der Waals surface area contributed by atoms with E-state index in [4.69, 9.17) is 23.2 Å². The molecule has 0 bridgehead atoms. The van der Waals surface area contributed by atoms with E-state index in [1.807, 2.05) is 31.2 Å². The van der Waals surface area contributed by atoms with Gasteiger partial charge in [0.2, 0.25) is 10.0 Å². The van der Waals surface area contributed by atoms with E-state index >= 15 is 0 Å². The Morgan fingerprint density at radius 1 is 1.26 bits per heavy atom. The van der Waals surface area contributed by atoms with Crippen LogP contribution in [-0.4, -0.2) is 8.42 Å². The van der Waals surface area contributed by atoms with Gasteiger partial charge in [-0.3, -0.25) is 0 Å². The Bertz CT molecular complexity index is 696. The second kappa shape index (κ2) is 5.81. The first-order chi connectivity index (χ1) is 8.90. The van der Waals surface area contributed by atoms with Gasteiger partial charge >= 0.3 is 0 Å². The average Bonchev–Trinajstić information content (AvgIpc) is 2.68. The van der Waals surface area contributed by atoms with E-state index in [1.54, 1.807) is 0 Å². The highest BCUT2D eigenvalue weighted by atomic mass is 35.5. The van der Waals surface area contributed by atoms with Crippen molar-refractivity contribution >= 4 is 44.6 Å². The summed E-state index contributed by atoms with van der Waals surface area (Å²) in [6.45, 7) is 2.15. The van der Waals surface area contributed by atoms with E-state index in [0.29, 0.717) is 4.34 Å². The first-order valence-electron chi connectivity index (χ1n) is 5.39. The molecule has 0 fully saturated rings. The Morgan fingerprint density at radius 2 is 1.95 bits per heavy atom. The van der Waals surface area contributed by atoms with E-state index < -0.39 is 10.0 Å². The van der Waals surface area contributed by atoms with E-state index in [2.05, 4.69) is 4.72 Å². The fraction of sp³-hybridized carbons (Fsp3) is 0.167. The maximum atomic E-state index is 12.1. The normalized spacial score (nSPS) is 11.7. The molecule has 0 radical (unpaired) electrons. The summed E-state index contributed by atoms with van der Waals surface area (Å²) in [5, 5.41) is 0. The Hall–Kier alpha value is -0.590. The van der Waals surface area contributed by atoms with Gasteiger partial charge in [-0.1, -0.05) is 47.5 Å². The highest BCUT2D eigenvalue weighted by Gasteiger charge is 2.20. The molecule has 0 aliphatic rings. The minimum Gasteiger partial charge on any atom is -0.207 e. The van der Waals surface area contributed by atoms with Gasteiger partial charge in [-0.2, -0.15) is 0 Å². The van der Waals surface area contributed by atoms with Gasteiger partial charge in [0.15, 0.2) is 0 Å². The van der Waals surface area contributed by atoms with Crippen molar-refractivity contribution in [3.8, 4) is 0 Å². The molecular formula is C12H11Cl2NO2S2. The van der Waals surface area contributed by atoms with Crippen LogP contribution in [0.5, 0.6) is 0 Å². The Morgan fingerprint density at radius 3 is 2.53 bits per heavy atom. The molecule has 19 heavy (non-hydrogen) atoms. The molecule has 0 atom stereocenters. The lowest BCUT2D eigenvalue weighted by molar-refractivity contribution is 0.581. The smallest absolute Gasteiger partial charge is 0.207 e. The second-order valence-electron chi connectivity index (χ2n) is 3.94. The first-order valence-corrected chi connectivity index (χ1v) is 8.45. The summed E-state index contributed by atoms with van der Waals surface area (Å²) in [5.74, 6) is 0. The highest BCUT2D eigenvalue weighted by molar-refractivity contribution is 7.89. The third-order valence-electron chi connectivity index (χ3n) is 2.63. The largest absolute Gasteiger partial charge is 0.243 e. The molecule has 0 saturated heterocycles. The molecule has 1 N–H and O–H groups in total. The van der Waals surface area contributed by atoms with Crippen molar-refractivity contribution in [3.63, 3.8) is 0 Å². The Labute approximate surface area is 126 Å².